The van der Waals surface area contributed by atoms with E-state index in [9.17, 15) is 4.79 Å². The molecule has 0 aromatic rings. The van der Waals surface area contributed by atoms with Gasteiger partial charge in [0, 0.05) is 19.6 Å². The van der Waals surface area contributed by atoms with Crippen LogP contribution in [0.3, 0.4) is 0 Å². The van der Waals surface area contributed by atoms with E-state index in [1.807, 2.05) is 0 Å². The van der Waals surface area contributed by atoms with Crippen molar-refractivity contribution in [3.05, 3.63) is 12.2 Å². The van der Waals surface area contributed by atoms with Crippen molar-refractivity contribution >= 4 is 5.97 Å². The van der Waals surface area contributed by atoms with Crippen molar-refractivity contribution in [3.63, 3.8) is 0 Å². The molecule has 3 heteroatoms. The Morgan fingerprint density at radius 2 is 1.39 bits per heavy atom. The minimum atomic E-state index is -0.0517. The van der Waals surface area contributed by atoms with Crippen LogP contribution < -0.4 is 0 Å². The van der Waals surface area contributed by atoms with Crippen LogP contribution in [0.1, 0.15) is 57.8 Å². The molecule has 18 heavy (non-hydrogen) atoms. The summed E-state index contributed by atoms with van der Waals surface area (Å²) in [4.78, 5) is 11.4. The third-order valence-electron chi connectivity index (χ3n) is 3.02. The molecule has 3 nitrogen and oxygen atoms in total. The molecule has 0 aliphatic carbocycles. The summed E-state index contributed by atoms with van der Waals surface area (Å²) in [6, 6.07) is 0. The monoisotopic (exact) mass is 254 g/mol. The van der Waals surface area contributed by atoms with Crippen LogP contribution in [0, 0.1) is 0 Å². The van der Waals surface area contributed by atoms with Gasteiger partial charge in [-0.2, -0.15) is 0 Å². The van der Waals surface area contributed by atoms with Crippen LogP contribution in [0.5, 0.6) is 0 Å². The lowest BCUT2D eigenvalue weighted by molar-refractivity contribution is -0.143. The van der Waals surface area contributed by atoms with E-state index < -0.39 is 0 Å². The zero-order valence-electron chi connectivity index (χ0n) is 11.4. The van der Waals surface area contributed by atoms with E-state index in [0.717, 1.165) is 58.2 Å². The summed E-state index contributed by atoms with van der Waals surface area (Å²) in [6.45, 7) is 2.18. The van der Waals surface area contributed by atoms with Crippen molar-refractivity contribution < 1.29 is 14.3 Å². The maximum absolute atomic E-state index is 11.4. The summed E-state index contributed by atoms with van der Waals surface area (Å²) in [6.07, 6.45) is 13.5. The van der Waals surface area contributed by atoms with E-state index in [1.165, 1.54) is 6.42 Å². The minimum absolute atomic E-state index is 0.0517. The fourth-order valence-corrected chi connectivity index (χ4v) is 1.90. The van der Waals surface area contributed by atoms with Gasteiger partial charge in [0.15, 0.2) is 0 Å². The SMILES string of the molecule is O=C1CCCCC=CCCCCOCCCCO1. The zero-order valence-corrected chi connectivity index (χ0v) is 11.4. The topological polar surface area (TPSA) is 35.5 Å². The van der Waals surface area contributed by atoms with E-state index in [1.54, 1.807) is 0 Å². The van der Waals surface area contributed by atoms with Gasteiger partial charge in [-0.25, -0.2) is 0 Å². The number of esters is 1. The third kappa shape index (κ3) is 9.23. The molecule has 1 rings (SSSR count). The summed E-state index contributed by atoms with van der Waals surface area (Å²) in [5, 5.41) is 0. The van der Waals surface area contributed by atoms with Crippen LogP contribution in [-0.4, -0.2) is 25.8 Å². The number of allylic oxidation sites excluding steroid dienone is 2. The predicted molar refractivity (Wildman–Crippen MR) is 72.5 cm³/mol. The van der Waals surface area contributed by atoms with Gasteiger partial charge in [-0.1, -0.05) is 12.2 Å². The molecule has 0 radical (unpaired) electrons. The number of hydrogen-bond acceptors (Lipinski definition) is 3. The number of cyclic esters (lactones) is 1. The molecule has 0 saturated carbocycles. The van der Waals surface area contributed by atoms with Gasteiger partial charge in [-0.3, -0.25) is 4.79 Å². The van der Waals surface area contributed by atoms with Gasteiger partial charge >= 0.3 is 5.97 Å². The first kappa shape index (κ1) is 15.2. The molecule has 0 saturated heterocycles. The van der Waals surface area contributed by atoms with Gasteiger partial charge in [-0.15, -0.1) is 0 Å². The summed E-state index contributed by atoms with van der Waals surface area (Å²) >= 11 is 0. The van der Waals surface area contributed by atoms with E-state index in [2.05, 4.69) is 12.2 Å². The molecule has 0 spiro atoms. The van der Waals surface area contributed by atoms with Gasteiger partial charge < -0.3 is 9.47 Å². The molecule has 0 aromatic heterocycles. The maximum atomic E-state index is 11.4. The molecule has 0 amide bonds. The molecule has 0 atom stereocenters. The Balaban J connectivity index is 2.17. The first-order chi connectivity index (χ1) is 8.89. The highest BCUT2D eigenvalue weighted by atomic mass is 16.5. The average Bonchev–Trinajstić information content (AvgIpc) is 2.37. The first-order valence-corrected chi connectivity index (χ1v) is 7.28. The molecule has 0 bridgehead atoms. The highest BCUT2D eigenvalue weighted by Gasteiger charge is 2.02. The Hall–Kier alpha value is -0.830. The Morgan fingerprint density at radius 1 is 0.778 bits per heavy atom. The van der Waals surface area contributed by atoms with Crippen LogP contribution in [0.15, 0.2) is 12.2 Å². The second-order valence-corrected chi connectivity index (χ2v) is 4.75. The molecule has 1 aliphatic rings. The van der Waals surface area contributed by atoms with Gasteiger partial charge in [0.05, 0.1) is 6.61 Å². The molecular formula is C15H26O3. The van der Waals surface area contributed by atoms with Crippen molar-refractivity contribution in [1.82, 2.24) is 0 Å². The van der Waals surface area contributed by atoms with Gasteiger partial charge in [0.1, 0.15) is 0 Å². The van der Waals surface area contributed by atoms with Crippen molar-refractivity contribution in [3.8, 4) is 0 Å². The van der Waals surface area contributed by atoms with Gasteiger partial charge in [0.2, 0.25) is 0 Å². The van der Waals surface area contributed by atoms with Crippen LogP contribution in [0.2, 0.25) is 0 Å². The highest BCUT2D eigenvalue weighted by molar-refractivity contribution is 5.69. The van der Waals surface area contributed by atoms with E-state index in [-0.39, 0.29) is 5.97 Å². The van der Waals surface area contributed by atoms with Crippen LogP contribution in [0.25, 0.3) is 0 Å². The minimum Gasteiger partial charge on any atom is -0.466 e. The van der Waals surface area contributed by atoms with E-state index in [0.29, 0.717) is 13.0 Å². The molecule has 0 aromatic carbocycles. The van der Waals surface area contributed by atoms with Crippen molar-refractivity contribution in [2.24, 2.45) is 0 Å². The Labute approximate surface area is 111 Å². The molecule has 1 heterocycles. The smallest absolute Gasteiger partial charge is 0.305 e. The number of rotatable bonds is 0. The molecule has 1 aliphatic heterocycles. The highest BCUT2D eigenvalue weighted by Crippen LogP contribution is 2.05. The molecular weight excluding hydrogens is 228 g/mol. The maximum Gasteiger partial charge on any atom is 0.305 e. The van der Waals surface area contributed by atoms with Crippen molar-refractivity contribution in [2.75, 3.05) is 19.8 Å². The summed E-state index contributed by atoms with van der Waals surface area (Å²) < 4.78 is 10.7. The third-order valence-corrected chi connectivity index (χ3v) is 3.02. The molecule has 104 valence electrons. The number of carbonyl (C=O) groups is 1. The summed E-state index contributed by atoms with van der Waals surface area (Å²) in [7, 11) is 0. The zero-order chi connectivity index (χ0) is 12.9. The van der Waals surface area contributed by atoms with Gasteiger partial charge in [0.25, 0.3) is 0 Å². The van der Waals surface area contributed by atoms with E-state index >= 15 is 0 Å². The fourth-order valence-electron chi connectivity index (χ4n) is 1.90. The molecule has 0 N–H and O–H groups in total. The second kappa shape index (κ2) is 11.3. The lowest BCUT2D eigenvalue weighted by atomic mass is 10.1. The Kier molecular flexibility index (Phi) is 9.54. The quantitative estimate of drug-likeness (QED) is 0.489. The Bertz CT molecular complexity index is 236. The summed E-state index contributed by atoms with van der Waals surface area (Å²) in [5.74, 6) is -0.0517. The fraction of sp³-hybridized carbons (Fsp3) is 0.800. The second-order valence-electron chi connectivity index (χ2n) is 4.75. The average molecular weight is 254 g/mol. The summed E-state index contributed by atoms with van der Waals surface area (Å²) in [5.41, 5.74) is 0. The van der Waals surface area contributed by atoms with Crippen molar-refractivity contribution in [1.29, 1.82) is 0 Å². The van der Waals surface area contributed by atoms with Crippen LogP contribution in [-0.2, 0) is 14.3 Å². The lowest BCUT2D eigenvalue weighted by Crippen LogP contribution is -2.06. The standard InChI is InChI=1S/C15H26O3/c16-15-11-7-5-3-1-2-4-6-8-12-17-13-9-10-14-18-15/h1-2H,3-14H2. The number of ether oxygens (including phenoxy) is 2. The number of hydrogen-bond donors (Lipinski definition) is 0. The van der Waals surface area contributed by atoms with Gasteiger partial charge in [-0.05, 0) is 51.4 Å². The molecule has 0 fully saturated rings. The normalized spacial score (nSPS) is 22.1. The van der Waals surface area contributed by atoms with Crippen LogP contribution >= 0.6 is 0 Å². The largest absolute Gasteiger partial charge is 0.466 e. The Morgan fingerprint density at radius 3 is 2.17 bits per heavy atom. The lowest BCUT2D eigenvalue weighted by Gasteiger charge is -2.05. The first-order valence-electron chi connectivity index (χ1n) is 7.28. The van der Waals surface area contributed by atoms with E-state index in [4.69, 9.17) is 9.47 Å². The predicted octanol–water partition coefficient (Wildman–Crippen LogP) is 3.63. The molecule has 0 unspecified atom stereocenters. The number of carbonyl (C=O) groups excluding carboxylic acids is 1. The van der Waals surface area contributed by atoms with Crippen molar-refractivity contribution in [2.45, 2.75) is 57.8 Å². The van der Waals surface area contributed by atoms with Crippen LogP contribution in [0.4, 0.5) is 0 Å².